The van der Waals surface area contributed by atoms with Crippen molar-refractivity contribution < 1.29 is 0 Å². The van der Waals surface area contributed by atoms with E-state index in [9.17, 15) is 0 Å². The molecular weight excluding hydrogens is 225 g/mol. The maximum atomic E-state index is 4.10. The summed E-state index contributed by atoms with van der Waals surface area (Å²) >= 11 is 3.34. The number of hydrogen-bond acceptors (Lipinski definition) is 2. The molecular formula is C6H5BrN3P. The molecule has 0 aliphatic heterocycles. The smallest absolute Gasteiger partial charge is 0.147 e. The molecule has 2 heterocycles. The monoisotopic (exact) mass is 229 g/mol. The van der Waals surface area contributed by atoms with Crippen LogP contribution < -0.4 is 0 Å². The lowest BCUT2D eigenvalue weighted by Crippen LogP contribution is -1.83. The molecule has 0 aromatic carbocycles. The van der Waals surface area contributed by atoms with Crippen LogP contribution in [0, 0.1) is 0 Å². The summed E-state index contributed by atoms with van der Waals surface area (Å²) in [4.78, 5) is 8.11. The van der Waals surface area contributed by atoms with Gasteiger partial charge in [-0.3, -0.25) is 0 Å². The third-order valence-electron chi connectivity index (χ3n) is 1.46. The van der Waals surface area contributed by atoms with Crippen LogP contribution in [0.2, 0.25) is 0 Å². The maximum Gasteiger partial charge on any atom is 0.147 e. The lowest BCUT2D eigenvalue weighted by molar-refractivity contribution is 1.16. The zero-order valence-corrected chi connectivity index (χ0v) is 8.27. The van der Waals surface area contributed by atoms with E-state index < -0.39 is 0 Å². The van der Waals surface area contributed by atoms with E-state index >= 15 is 0 Å². The average Bonchev–Trinajstić information content (AvgIpc) is 2.35. The summed E-state index contributed by atoms with van der Waals surface area (Å²) in [7, 11) is 2.56. The molecule has 56 valence electrons. The van der Waals surface area contributed by atoms with Crippen molar-refractivity contribution in [3.63, 3.8) is 0 Å². The Balaban J connectivity index is 2.94. The first-order chi connectivity index (χ1) is 5.29. The number of fused-ring (bicyclic) bond motifs is 1. The zero-order valence-electron chi connectivity index (χ0n) is 5.53. The maximum absolute atomic E-state index is 4.10. The highest BCUT2D eigenvalue weighted by atomic mass is 79.9. The van der Waals surface area contributed by atoms with Gasteiger partial charge in [-0.15, -0.1) is 0 Å². The fourth-order valence-electron chi connectivity index (χ4n) is 0.940. The van der Waals surface area contributed by atoms with Gasteiger partial charge in [-0.05, 0) is 31.4 Å². The molecule has 11 heavy (non-hydrogen) atoms. The van der Waals surface area contributed by atoms with E-state index in [1.54, 1.807) is 0 Å². The van der Waals surface area contributed by atoms with Crippen molar-refractivity contribution in [3.05, 3.63) is 23.2 Å². The predicted octanol–water partition coefficient (Wildman–Crippen LogP) is 1.83. The minimum Gasteiger partial charge on any atom is -0.317 e. The van der Waals surface area contributed by atoms with Crippen LogP contribution in [-0.4, -0.2) is 14.3 Å². The second-order valence-corrected chi connectivity index (χ2v) is 3.43. The summed E-state index contributed by atoms with van der Waals surface area (Å²) < 4.78 is 2.71. The number of halogens is 1. The largest absolute Gasteiger partial charge is 0.317 e. The normalized spacial score (nSPS) is 10.7. The topological polar surface area (TPSA) is 30.7 Å². The molecule has 5 heteroatoms. The highest BCUT2D eigenvalue weighted by molar-refractivity contribution is 9.10. The van der Waals surface area contributed by atoms with Gasteiger partial charge in [-0.2, -0.15) is 0 Å². The van der Waals surface area contributed by atoms with E-state index in [4.69, 9.17) is 0 Å². The lowest BCUT2D eigenvalue weighted by Gasteiger charge is -1.93. The molecule has 0 bridgehead atoms. The van der Waals surface area contributed by atoms with Crippen LogP contribution in [0.4, 0.5) is 0 Å². The Morgan fingerprint density at radius 1 is 1.45 bits per heavy atom. The van der Waals surface area contributed by atoms with Crippen LogP contribution in [-0.2, 0) is 0 Å². The predicted molar refractivity (Wildman–Crippen MR) is 50.3 cm³/mol. The molecule has 0 fully saturated rings. The fourth-order valence-corrected chi connectivity index (χ4v) is 1.63. The van der Waals surface area contributed by atoms with Crippen molar-refractivity contribution in [2.75, 3.05) is 0 Å². The van der Waals surface area contributed by atoms with Crippen LogP contribution in [0.1, 0.15) is 0 Å². The Bertz CT molecular complexity index is 398. The van der Waals surface area contributed by atoms with Gasteiger partial charge in [-0.25, -0.2) is 9.97 Å². The molecule has 0 aliphatic carbocycles. The molecule has 0 amide bonds. The van der Waals surface area contributed by atoms with E-state index in [1.807, 2.05) is 16.6 Å². The Morgan fingerprint density at radius 3 is 3.00 bits per heavy atom. The van der Waals surface area contributed by atoms with Gasteiger partial charge in [0.1, 0.15) is 16.6 Å². The second-order valence-electron chi connectivity index (χ2n) is 2.12. The zero-order chi connectivity index (χ0) is 7.84. The van der Waals surface area contributed by atoms with Crippen molar-refractivity contribution in [1.82, 2.24) is 14.3 Å². The summed E-state index contributed by atoms with van der Waals surface area (Å²) in [6.07, 6.45) is 3.46. The van der Waals surface area contributed by atoms with E-state index in [2.05, 4.69) is 35.3 Å². The Labute approximate surface area is 74.2 Å². The molecule has 0 aliphatic rings. The van der Waals surface area contributed by atoms with Crippen LogP contribution in [0.5, 0.6) is 0 Å². The highest BCUT2D eigenvalue weighted by Gasteiger charge is 2.02. The van der Waals surface area contributed by atoms with Crippen molar-refractivity contribution in [2.45, 2.75) is 0 Å². The van der Waals surface area contributed by atoms with Gasteiger partial charge in [0, 0.05) is 6.20 Å². The van der Waals surface area contributed by atoms with E-state index in [1.165, 1.54) is 6.33 Å². The summed E-state index contributed by atoms with van der Waals surface area (Å²) in [6.45, 7) is 0. The summed E-state index contributed by atoms with van der Waals surface area (Å²) in [5.41, 5.74) is 0.914. The third-order valence-corrected chi connectivity index (χ3v) is 2.51. The molecule has 1 unspecified atom stereocenters. The van der Waals surface area contributed by atoms with Crippen LogP contribution >= 0.6 is 25.3 Å². The van der Waals surface area contributed by atoms with E-state index in [0.717, 1.165) is 15.6 Å². The molecule has 1 atom stereocenters. The van der Waals surface area contributed by atoms with Crippen LogP contribution in [0.25, 0.3) is 11.0 Å². The molecule has 2 aromatic rings. The fraction of sp³-hybridized carbons (Fsp3) is 0. The van der Waals surface area contributed by atoms with Crippen molar-refractivity contribution in [3.8, 4) is 0 Å². The van der Waals surface area contributed by atoms with Gasteiger partial charge in [0.25, 0.3) is 0 Å². The number of hydrogen-bond donors (Lipinski definition) is 0. The minimum absolute atomic E-state index is 0.837. The molecule has 0 spiro atoms. The molecule has 0 saturated carbocycles. The Morgan fingerprint density at radius 2 is 2.27 bits per heavy atom. The van der Waals surface area contributed by atoms with Gasteiger partial charge in [0.05, 0.1) is 5.39 Å². The van der Waals surface area contributed by atoms with Crippen molar-refractivity contribution in [1.29, 1.82) is 0 Å². The molecule has 3 nitrogen and oxygen atoms in total. The standard InChI is InChI=1S/C6H5BrN3P/c7-5-4-1-2-10(11)6(4)9-3-8-5/h1-3H,11H2. The first-order valence-electron chi connectivity index (χ1n) is 3.01. The first-order valence-corrected chi connectivity index (χ1v) is 4.32. The van der Waals surface area contributed by atoms with E-state index in [0.29, 0.717) is 0 Å². The van der Waals surface area contributed by atoms with Crippen molar-refractivity contribution >= 4 is 36.4 Å². The van der Waals surface area contributed by atoms with Crippen LogP contribution in [0.15, 0.2) is 23.2 Å². The number of nitrogens with zero attached hydrogens (tertiary/aromatic N) is 3. The van der Waals surface area contributed by atoms with Crippen LogP contribution in [0.3, 0.4) is 0 Å². The van der Waals surface area contributed by atoms with E-state index in [-0.39, 0.29) is 0 Å². The quantitative estimate of drug-likeness (QED) is 0.510. The Kier molecular flexibility index (Phi) is 1.66. The first kappa shape index (κ1) is 7.19. The van der Waals surface area contributed by atoms with Gasteiger partial charge in [0.15, 0.2) is 0 Å². The van der Waals surface area contributed by atoms with Gasteiger partial charge < -0.3 is 4.34 Å². The highest BCUT2D eigenvalue weighted by Crippen LogP contribution is 2.21. The molecule has 2 rings (SSSR count). The molecule has 0 N–H and O–H groups in total. The van der Waals surface area contributed by atoms with Gasteiger partial charge >= 0.3 is 0 Å². The number of aromatic nitrogens is 3. The molecule has 0 saturated heterocycles. The Hall–Kier alpha value is -0.470. The summed E-state index contributed by atoms with van der Waals surface area (Å²) in [5.74, 6) is 0. The second kappa shape index (κ2) is 2.54. The third kappa shape index (κ3) is 1.06. The molecule has 0 radical (unpaired) electrons. The minimum atomic E-state index is 0.837. The SMILES string of the molecule is Pn1ccc2c(Br)ncnc21. The molecule has 2 aromatic heterocycles. The van der Waals surface area contributed by atoms with Gasteiger partial charge in [0.2, 0.25) is 0 Å². The lowest BCUT2D eigenvalue weighted by atomic mass is 10.4. The van der Waals surface area contributed by atoms with Gasteiger partial charge in [-0.1, -0.05) is 0 Å². The number of rotatable bonds is 0. The average molecular weight is 230 g/mol. The van der Waals surface area contributed by atoms with Crippen molar-refractivity contribution in [2.24, 2.45) is 0 Å². The summed E-state index contributed by atoms with van der Waals surface area (Å²) in [5, 5.41) is 1.03. The summed E-state index contributed by atoms with van der Waals surface area (Å²) in [6, 6.07) is 1.96.